The number of hydrogen-bond donors (Lipinski definition) is 0. The molecule has 8 aromatic carbocycles. The van der Waals surface area contributed by atoms with Crippen molar-refractivity contribution < 1.29 is 0 Å². The Hall–Kier alpha value is -6.38. The Bertz CT molecular complexity index is 2680. The van der Waals surface area contributed by atoms with E-state index in [0.717, 1.165) is 22.7 Å². The number of fused-ring (bicyclic) bond motifs is 6. The van der Waals surface area contributed by atoms with E-state index < -0.39 is 0 Å². The van der Waals surface area contributed by atoms with Crippen molar-refractivity contribution in [2.24, 2.45) is 0 Å². The summed E-state index contributed by atoms with van der Waals surface area (Å²) >= 11 is 0. The van der Waals surface area contributed by atoms with Crippen LogP contribution in [-0.4, -0.2) is 0 Å². The van der Waals surface area contributed by atoms with Crippen LogP contribution in [0.15, 0.2) is 182 Å². The SMILES string of the molecule is CC1(C)c2ccccc2-c2ccc(-c3ccc4c(c3)C(C)(C)c3ccccc3N4c3c(N(c4ccccc4)c4ccccc4)ccc4ccccc34)cc21. The van der Waals surface area contributed by atoms with E-state index in [1.54, 1.807) is 0 Å². The first-order valence-electron chi connectivity index (χ1n) is 19.0. The largest absolute Gasteiger partial charge is 0.308 e. The third kappa shape index (κ3) is 4.80. The Morgan fingerprint density at radius 2 is 0.944 bits per heavy atom. The lowest BCUT2D eigenvalue weighted by atomic mass is 9.72. The molecule has 260 valence electrons. The van der Waals surface area contributed by atoms with E-state index in [-0.39, 0.29) is 10.8 Å². The summed E-state index contributed by atoms with van der Waals surface area (Å²) in [6, 6.07) is 67.1. The second kappa shape index (κ2) is 12.1. The Morgan fingerprint density at radius 1 is 0.407 bits per heavy atom. The average molecular weight is 695 g/mol. The zero-order valence-electron chi connectivity index (χ0n) is 31.2. The fourth-order valence-corrected chi connectivity index (χ4v) is 9.25. The van der Waals surface area contributed by atoms with Crippen LogP contribution < -0.4 is 9.80 Å². The highest BCUT2D eigenvalue weighted by molar-refractivity contribution is 6.08. The van der Waals surface area contributed by atoms with Crippen molar-refractivity contribution in [3.05, 3.63) is 204 Å². The van der Waals surface area contributed by atoms with Gasteiger partial charge >= 0.3 is 0 Å². The quantitative estimate of drug-likeness (QED) is 0.177. The Kier molecular flexibility index (Phi) is 7.22. The molecule has 10 rings (SSSR count). The van der Waals surface area contributed by atoms with Crippen molar-refractivity contribution in [1.82, 2.24) is 0 Å². The van der Waals surface area contributed by atoms with Gasteiger partial charge in [-0.05, 0) is 104 Å². The van der Waals surface area contributed by atoms with E-state index >= 15 is 0 Å². The summed E-state index contributed by atoms with van der Waals surface area (Å²) in [6.45, 7) is 9.50. The number of hydrogen-bond acceptors (Lipinski definition) is 2. The highest BCUT2D eigenvalue weighted by atomic mass is 15.2. The summed E-state index contributed by atoms with van der Waals surface area (Å²) in [5.41, 5.74) is 17.2. The molecule has 1 aliphatic carbocycles. The van der Waals surface area contributed by atoms with Gasteiger partial charge in [0.2, 0.25) is 0 Å². The molecule has 0 saturated heterocycles. The van der Waals surface area contributed by atoms with E-state index in [9.17, 15) is 0 Å². The zero-order valence-corrected chi connectivity index (χ0v) is 31.2. The van der Waals surface area contributed by atoms with E-state index in [0.29, 0.717) is 0 Å². The van der Waals surface area contributed by atoms with E-state index in [4.69, 9.17) is 0 Å². The van der Waals surface area contributed by atoms with Crippen molar-refractivity contribution in [3.63, 3.8) is 0 Å². The Labute approximate surface area is 318 Å². The maximum absolute atomic E-state index is 2.54. The number of benzene rings is 8. The van der Waals surface area contributed by atoms with Gasteiger partial charge in [0.15, 0.2) is 0 Å². The Morgan fingerprint density at radius 3 is 1.69 bits per heavy atom. The van der Waals surface area contributed by atoms with Gasteiger partial charge in [-0.2, -0.15) is 0 Å². The molecule has 2 nitrogen and oxygen atoms in total. The van der Waals surface area contributed by atoms with Crippen LogP contribution in [0.2, 0.25) is 0 Å². The van der Waals surface area contributed by atoms with Crippen molar-refractivity contribution in [1.29, 1.82) is 0 Å². The minimum atomic E-state index is -0.242. The summed E-state index contributed by atoms with van der Waals surface area (Å²) in [7, 11) is 0. The zero-order chi connectivity index (χ0) is 36.6. The number of para-hydroxylation sites is 3. The molecule has 0 fully saturated rings. The van der Waals surface area contributed by atoms with E-state index in [2.05, 4.69) is 219 Å². The number of rotatable bonds is 5. The van der Waals surface area contributed by atoms with E-state index in [1.807, 2.05) is 0 Å². The maximum atomic E-state index is 2.54. The van der Waals surface area contributed by atoms with Gasteiger partial charge in [-0.25, -0.2) is 0 Å². The van der Waals surface area contributed by atoms with Crippen LogP contribution in [0.1, 0.15) is 49.9 Å². The summed E-state index contributed by atoms with van der Waals surface area (Å²) in [5, 5.41) is 2.41. The predicted molar refractivity (Wildman–Crippen MR) is 228 cm³/mol. The van der Waals surface area contributed by atoms with Crippen molar-refractivity contribution in [3.8, 4) is 22.3 Å². The molecule has 0 saturated carbocycles. The minimum absolute atomic E-state index is 0.0562. The summed E-state index contributed by atoms with van der Waals surface area (Å²) < 4.78 is 0. The second-order valence-electron chi connectivity index (χ2n) is 15.8. The third-order valence-corrected chi connectivity index (χ3v) is 12.0. The molecule has 0 atom stereocenters. The van der Waals surface area contributed by atoms with Gasteiger partial charge in [-0.3, -0.25) is 0 Å². The molecule has 0 spiro atoms. The molecule has 1 heterocycles. The number of nitrogens with zero attached hydrogens (tertiary/aromatic N) is 2. The van der Waals surface area contributed by atoms with Crippen LogP contribution in [0.4, 0.5) is 34.1 Å². The molecule has 0 bridgehead atoms. The molecule has 0 N–H and O–H groups in total. The average Bonchev–Trinajstić information content (AvgIpc) is 3.44. The summed E-state index contributed by atoms with van der Waals surface area (Å²) in [5.74, 6) is 0. The molecule has 0 radical (unpaired) electrons. The molecular weight excluding hydrogens is 653 g/mol. The van der Waals surface area contributed by atoms with E-state index in [1.165, 1.54) is 66.7 Å². The van der Waals surface area contributed by atoms with Gasteiger partial charge in [-0.1, -0.05) is 155 Å². The molecule has 8 aromatic rings. The lowest BCUT2D eigenvalue weighted by molar-refractivity contribution is 0.632. The maximum Gasteiger partial charge on any atom is 0.0781 e. The van der Waals surface area contributed by atoms with Gasteiger partial charge in [0.25, 0.3) is 0 Å². The molecule has 54 heavy (non-hydrogen) atoms. The monoisotopic (exact) mass is 694 g/mol. The standard InChI is InChI=1S/C52H42N2/c1-51(2)43-24-14-13-23-41(43)42-30-27-36(33-45(42)51)37-29-31-48-46(34-37)52(3,4)44-25-15-16-26-47(44)54(48)50-40-22-12-11-17-35(40)28-32-49(50)53(38-18-7-5-8-19-38)39-20-9-6-10-21-39/h5-34H,1-4H3. The summed E-state index contributed by atoms with van der Waals surface area (Å²) in [4.78, 5) is 4.95. The Balaban J connectivity index is 1.22. The smallest absolute Gasteiger partial charge is 0.0781 e. The fraction of sp³-hybridized carbons (Fsp3) is 0.115. The highest BCUT2D eigenvalue weighted by Crippen LogP contribution is 2.57. The van der Waals surface area contributed by atoms with Gasteiger partial charge in [0.05, 0.1) is 22.7 Å². The molecule has 0 amide bonds. The van der Waals surface area contributed by atoms with Gasteiger partial charge in [0, 0.05) is 27.6 Å². The van der Waals surface area contributed by atoms with Crippen molar-refractivity contribution >= 4 is 44.9 Å². The first-order valence-corrected chi connectivity index (χ1v) is 19.0. The second-order valence-corrected chi connectivity index (χ2v) is 15.8. The lowest BCUT2D eigenvalue weighted by Gasteiger charge is -2.44. The predicted octanol–water partition coefficient (Wildman–Crippen LogP) is 14.4. The molecular formula is C52H42N2. The lowest BCUT2D eigenvalue weighted by Crippen LogP contribution is -2.31. The molecule has 0 unspecified atom stereocenters. The molecule has 2 aliphatic rings. The van der Waals surface area contributed by atoms with Crippen LogP contribution in [0, 0.1) is 0 Å². The number of anilines is 6. The molecule has 1 aliphatic heterocycles. The van der Waals surface area contributed by atoms with Crippen LogP contribution in [0.25, 0.3) is 33.0 Å². The first kappa shape index (κ1) is 32.3. The molecule has 0 aromatic heterocycles. The van der Waals surface area contributed by atoms with Crippen LogP contribution >= 0.6 is 0 Å². The highest BCUT2D eigenvalue weighted by Gasteiger charge is 2.39. The molecule has 2 heteroatoms. The van der Waals surface area contributed by atoms with Crippen LogP contribution in [0.5, 0.6) is 0 Å². The van der Waals surface area contributed by atoms with Crippen LogP contribution in [-0.2, 0) is 10.8 Å². The van der Waals surface area contributed by atoms with Crippen LogP contribution in [0.3, 0.4) is 0 Å². The topological polar surface area (TPSA) is 6.48 Å². The van der Waals surface area contributed by atoms with Gasteiger partial charge in [-0.15, -0.1) is 0 Å². The van der Waals surface area contributed by atoms with Gasteiger partial charge < -0.3 is 9.80 Å². The fourth-order valence-electron chi connectivity index (χ4n) is 9.25. The summed E-state index contributed by atoms with van der Waals surface area (Å²) in [6.07, 6.45) is 0. The normalized spacial score (nSPS) is 14.6. The minimum Gasteiger partial charge on any atom is -0.308 e. The third-order valence-electron chi connectivity index (χ3n) is 12.0. The van der Waals surface area contributed by atoms with Crippen molar-refractivity contribution in [2.45, 2.75) is 38.5 Å². The van der Waals surface area contributed by atoms with Gasteiger partial charge in [0.1, 0.15) is 0 Å². The first-order chi connectivity index (χ1) is 26.3. The van der Waals surface area contributed by atoms with Crippen molar-refractivity contribution in [2.75, 3.05) is 9.80 Å².